The van der Waals surface area contributed by atoms with E-state index in [0.717, 1.165) is 19.3 Å². The maximum atomic E-state index is 11.5. The molecule has 0 atom stereocenters. The average Bonchev–Trinajstić information content (AvgIpc) is 2.51. The largest absolute Gasteiger partial charge is 1.00 e. The number of carboxylic acid groups (broad SMARTS) is 2. The van der Waals surface area contributed by atoms with Crippen LogP contribution >= 0.6 is 0 Å². The van der Waals surface area contributed by atoms with Gasteiger partial charge in [0, 0.05) is 0 Å². The normalized spacial score (nSPS) is 11.1. The van der Waals surface area contributed by atoms with Gasteiger partial charge in [0.05, 0.1) is 0 Å². The summed E-state index contributed by atoms with van der Waals surface area (Å²) in [6, 6.07) is 0. The third-order valence-electron chi connectivity index (χ3n) is 4.73. The number of hydrogen-bond donors (Lipinski definition) is 2. The van der Waals surface area contributed by atoms with Gasteiger partial charge in [0.1, 0.15) is 0 Å². The summed E-state index contributed by atoms with van der Waals surface area (Å²) in [5.41, 5.74) is -1.57. The predicted octanol–water partition coefficient (Wildman–Crippen LogP) is 2.76. The number of rotatable bonds is 16. The molecule has 0 bridgehead atoms. The zero-order valence-corrected chi connectivity index (χ0v) is 19.2. The van der Waals surface area contributed by atoms with Gasteiger partial charge in [0.15, 0.2) is 5.41 Å². The van der Waals surface area contributed by atoms with Crippen LogP contribution in [-0.4, -0.2) is 22.2 Å². The van der Waals surface area contributed by atoms with Gasteiger partial charge in [0.2, 0.25) is 0 Å². The average molecular weight is 369 g/mol. The van der Waals surface area contributed by atoms with E-state index in [0.29, 0.717) is 12.8 Å². The van der Waals surface area contributed by atoms with Crippen molar-refractivity contribution in [2.75, 3.05) is 0 Å². The molecule has 0 rings (SSSR count). The minimum atomic E-state index is -1.57. The van der Waals surface area contributed by atoms with Gasteiger partial charge in [-0.1, -0.05) is 90.9 Å². The topological polar surface area (TPSA) is 74.6 Å². The molecule has 0 radical (unpaired) electrons. The summed E-state index contributed by atoms with van der Waals surface area (Å²) in [5, 5.41) is 18.8. The van der Waals surface area contributed by atoms with Crippen LogP contribution in [0.15, 0.2) is 0 Å². The second-order valence-corrected chi connectivity index (χ2v) is 6.73. The molecule has 0 aromatic rings. The molecule has 0 amide bonds. The fourth-order valence-corrected chi connectivity index (χ4v) is 3.04. The Morgan fingerprint density at radius 1 is 0.667 bits per heavy atom. The van der Waals surface area contributed by atoms with Gasteiger partial charge in [-0.05, 0) is 12.8 Å². The van der Waals surface area contributed by atoms with E-state index >= 15 is 0 Å². The van der Waals surface area contributed by atoms with Crippen LogP contribution in [0.2, 0.25) is 0 Å². The minimum absolute atomic E-state index is 0. The van der Waals surface area contributed by atoms with Crippen molar-refractivity contribution in [3.8, 4) is 0 Å². The summed E-state index contributed by atoms with van der Waals surface area (Å²) >= 11 is 0. The number of unbranched alkanes of at least 4 members (excludes halogenated alkanes) is 10. The molecule has 0 unspecified atom stereocenters. The Bertz CT molecular complexity index is 323. The first-order chi connectivity index (χ1) is 11.0. The molecule has 0 heterocycles. The zero-order valence-electron chi connectivity index (χ0n) is 17.1. The van der Waals surface area contributed by atoms with Gasteiger partial charge >= 0.3 is 63.3 Å². The van der Waals surface area contributed by atoms with E-state index in [1.54, 1.807) is 0 Å². The Labute approximate surface area is 192 Å². The summed E-state index contributed by atoms with van der Waals surface area (Å²) in [6.45, 7) is 4.17. The minimum Gasteiger partial charge on any atom is -1.00 e. The molecule has 138 valence electrons. The van der Waals surface area contributed by atoms with Crippen LogP contribution in [0.4, 0.5) is 0 Å². The summed E-state index contributed by atoms with van der Waals surface area (Å²) in [7, 11) is 0. The van der Waals surface area contributed by atoms with E-state index < -0.39 is 17.4 Å². The van der Waals surface area contributed by atoms with E-state index in [1.165, 1.54) is 44.9 Å². The second-order valence-electron chi connectivity index (χ2n) is 6.73. The molecule has 24 heavy (non-hydrogen) atoms. The SMILES string of the molecule is CCCCCCCCCCCCC(CCCC)(C(=O)O)C(=O)O.[H-].[K+]. The van der Waals surface area contributed by atoms with Crippen molar-refractivity contribution in [2.24, 2.45) is 5.41 Å². The molecule has 0 aromatic carbocycles. The Balaban J connectivity index is -0.00000242. The quantitative estimate of drug-likeness (QED) is 0.250. The molecule has 0 saturated heterocycles. The van der Waals surface area contributed by atoms with Gasteiger partial charge in [-0.3, -0.25) is 9.59 Å². The molecule has 0 fully saturated rings. The van der Waals surface area contributed by atoms with Crippen molar-refractivity contribution >= 4 is 11.9 Å². The molecule has 0 saturated carbocycles. The first kappa shape index (κ1) is 26.8. The Morgan fingerprint density at radius 3 is 1.38 bits per heavy atom. The van der Waals surface area contributed by atoms with Gasteiger partial charge in [-0.2, -0.15) is 0 Å². The molecule has 5 heteroatoms. The van der Waals surface area contributed by atoms with Gasteiger partial charge in [-0.15, -0.1) is 0 Å². The summed E-state index contributed by atoms with van der Waals surface area (Å²) in [6.07, 6.45) is 13.6. The van der Waals surface area contributed by atoms with Crippen molar-refractivity contribution in [3.05, 3.63) is 0 Å². The zero-order chi connectivity index (χ0) is 17.6. The molecule has 0 aliphatic carbocycles. The maximum Gasteiger partial charge on any atom is 1.00 e. The van der Waals surface area contributed by atoms with Crippen molar-refractivity contribution in [3.63, 3.8) is 0 Å². The fourth-order valence-electron chi connectivity index (χ4n) is 3.04. The van der Waals surface area contributed by atoms with Crippen LogP contribution in [0.5, 0.6) is 0 Å². The summed E-state index contributed by atoms with van der Waals surface area (Å²) in [5.74, 6) is -2.34. The molecule has 0 aromatic heterocycles. The molecule has 0 aliphatic heterocycles. The Morgan fingerprint density at radius 2 is 1.00 bits per heavy atom. The van der Waals surface area contributed by atoms with Crippen LogP contribution in [-0.2, 0) is 9.59 Å². The van der Waals surface area contributed by atoms with Crippen molar-refractivity contribution in [1.29, 1.82) is 0 Å². The Hall–Kier alpha value is 0.576. The molecule has 4 nitrogen and oxygen atoms in total. The number of carboxylic acids is 2. The maximum absolute atomic E-state index is 11.5. The van der Waals surface area contributed by atoms with Crippen LogP contribution < -0.4 is 51.4 Å². The third kappa shape index (κ3) is 11.2. The summed E-state index contributed by atoms with van der Waals surface area (Å²) < 4.78 is 0. The van der Waals surface area contributed by atoms with Gasteiger partial charge in [0.25, 0.3) is 0 Å². The van der Waals surface area contributed by atoms with E-state index in [1.807, 2.05) is 6.92 Å². The molecule has 0 aliphatic rings. The number of aliphatic carboxylic acids is 2. The summed E-state index contributed by atoms with van der Waals surface area (Å²) in [4.78, 5) is 23.0. The van der Waals surface area contributed by atoms with E-state index in [4.69, 9.17) is 0 Å². The standard InChI is InChI=1S/C19H36O4.K.H/c1-3-5-7-8-9-10-11-12-13-14-16-19(17(20)21,18(22)23)15-6-4-2;;/h3-16H2,1-2H3,(H,20,21)(H,22,23);;/q;+1;-1. The van der Waals surface area contributed by atoms with E-state index in [2.05, 4.69) is 6.92 Å². The van der Waals surface area contributed by atoms with Crippen molar-refractivity contribution < 1.29 is 72.6 Å². The van der Waals surface area contributed by atoms with Crippen molar-refractivity contribution in [1.82, 2.24) is 0 Å². The van der Waals surface area contributed by atoms with Crippen LogP contribution in [0.1, 0.15) is 105 Å². The number of carbonyl (C=O) groups is 2. The first-order valence-electron chi connectivity index (χ1n) is 9.48. The van der Waals surface area contributed by atoms with Crippen molar-refractivity contribution in [2.45, 2.75) is 104 Å². The third-order valence-corrected chi connectivity index (χ3v) is 4.73. The second kappa shape index (κ2) is 17.0. The Kier molecular flexibility index (Phi) is 19.0. The van der Waals surface area contributed by atoms with Crippen LogP contribution in [0.3, 0.4) is 0 Å². The monoisotopic (exact) mass is 368 g/mol. The van der Waals surface area contributed by atoms with Gasteiger partial charge < -0.3 is 11.6 Å². The van der Waals surface area contributed by atoms with E-state index in [-0.39, 0.29) is 65.7 Å². The van der Waals surface area contributed by atoms with Crippen LogP contribution in [0.25, 0.3) is 0 Å². The van der Waals surface area contributed by atoms with E-state index in [9.17, 15) is 19.8 Å². The molecule has 0 spiro atoms. The first-order valence-corrected chi connectivity index (χ1v) is 9.48. The van der Waals surface area contributed by atoms with Crippen LogP contribution in [0, 0.1) is 5.41 Å². The molecular formula is C19H37KO4. The molecule has 2 N–H and O–H groups in total. The molecular weight excluding hydrogens is 331 g/mol. The predicted molar refractivity (Wildman–Crippen MR) is 94.8 cm³/mol. The van der Waals surface area contributed by atoms with Gasteiger partial charge in [-0.25, -0.2) is 0 Å². The smallest absolute Gasteiger partial charge is 1.00 e. The number of hydrogen-bond acceptors (Lipinski definition) is 2. The fraction of sp³-hybridized carbons (Fsp3) is 0.895.